The number of ether oxygens (including phenoxy) is 1. The molecule has 0 aliphatic heterocycles. The van der Waals surface area contributed by atoms with Gasteiger partial charge in [-0.25, -0.2) is 0 Å². The number of hydrogen-bond donors (Lipinski definition) is 1. The number of aromatic nitrogens is 2. The van der Waals surface area contributed by atoms with Crippen LogP contribution in [0, 0.1) is 0 Å². The first-order chi connectivity index (χ1) is 8.40. The number of hydrogen-bond acceptors (Lipinski definition) is 3. The molecule has 3 nitrogen and oxygen atoms in total. The summed E-state index contributed by atoms with van der Waals surface area (Å²) in [5.41, 5.74) is 2.33. The fourth-order valence-corrected chi connectivity index (χ4v) is 1.72. The second kappa shape index (κ2) is 6.47. The lowest BCUT2D eigenvalue weighted by molar-refractivity contribution is 0.139. The van der Waals surface area contributed by atoms with Crippen molar-refractivity contribution in [2.45, 2.75) is 6.54 Å². The van der Waals surface area contributed by atoms with E-state index in [4.69, 9.17) is 4.74 Å². The van der Waals surface area contributed by atoms with Crippen LogP contribution in [0.4, 0.5) is 0 Å². The van der Waals surface area contributed by atoms with Gasteiger partial charge in [0.15, 0.2) is 0 Å². The van der Waals surface area contributed by atoms with Crippen molar-refractivity contribution in [3.8, 4) is 11.1 Å². The van der Waals surface area contributed by atoms with Crippen LogP contribution < -0.4 is 0 Å². The third-order valence-electron chi connectivity index (χ3n) is 2.44. The number of benzene rings is 1. The van der Waals surface area contributed by atoms with E-state index in [2.05, 4.69) is 29.9 Å². The molecule has 4 heteroatoms. The van der Waals surface area contributed by atoms with Gasteiger partial charge in [-0.1, -0.05) is 30.3 Å². The van der Waals surface area contributed by atoms with Gasteiger partial charge in [0.05, 0.1) is 26.0 Å². The van der Waals surface area contributed by atoms with Gasteiger partial charge in [0.25, 0.3) is 0 Å². The van der Waals surface area contributed by atoms with E-state index in [-0.39, 0.29) is 0 Å². The zero-order chi connectivity index (χ0) is 11.9. The summed E-state index contributed by atoms with van der Waals surface area (Å²) in [7, 11) is 0. The molecule has 0 radical (unpaired) electrons. The van der Waals surface area contributed by atoms with Gasteiger partial charge in [0.1, 0.15) is 0 Å². The highest BCUT2D eigenvalue weighted by atomic mass is 32.1. The zero-order valence-corrected chi connectivity index (χ0v) is 10.5. The average Bonchev–Trinajstić information content (AvgIpc) is 2.85. The van der Waals surface area contributed by atoms with Gasteiger partial charge >= 0.3 is 0 Å². The fourth-order valence-electron chi connectivity index (χ4n) is 1.59. The molecule has 1 aromatic heterocycles. The van der Waals surface area contributed by atoms with Gasteiger partial charge in [-0.15, -0.1) is 0 Å². The van der Waals surface area contributed by atoms with E-state index in [1.165, 1.54) is 5.56 Å². The van der Waals surface area contributed by atoms with E-state index in [0.29, 0.717) is 13.2 Å². The predicted molar refractivity (Wildman–Crippen MR) is 72.3 cm³/mol. The lowest BCUT2D eigenvalue weighted by Crippen LogP contribution is -2.07. The summed E-state index contributed by atoms with van der Waals surface area (Å²) in [6.45, 7) is 2.15. The number of thiol groups is 1. The number of rotatable bonds is 6. The normalized spacial score (nSPS) is 10.6. The molecule has 2 aromatic rings. The first kappa shape index (κ1) is 12.2. The molecule has 0 aliphatic carbocycles. The minimum absolute atomic E-state index is 0.677. The molecule has 2 rings (SSSR count). The van der Waals surface area contributed by atoms with Crippen LogP contribution in [-0.4, -0.2) is 28.7 Å². The molecule has 1 heterocycles. The molecule has 0 aliphatic rings. The van der Waals surface area contributed by atoms with E-state index in [9.17, 15) is 0 Å². The highest BCUT2D eigenvalue weighted by molar-refractivity contribution is 7.80. The van der Waals surface area contributed by atoms with Crippen LogP contribution in [0.5, 0.6) is 0 Å². The van der Waals surface area contributed by atoms with Gasteiger partial charge in [-0.3, -0.25) is 4.68 Å². The van der Waals surface area contributed by atoms with Crippen molar-refractivity contribution in [3.05, 3.63) is 42.7 Å². The van der Waals surface area contributed by atoms with E-state index in [1.807, 2.05) is 35.3 Å². The minimum Gasteiger partial charge on any atom is -0.379 e. The summed E-state index contributed by atoms with van der Waals surface area (Å²) in [4.78, 5) is 0. The second-order valence-corrected chi connectivity index (χ2v) is 4.14. The van der Waals surface area contributed by atoms with E-state index in [0.717, 1.165) is 17.9 Å². The Bertz CT molecular complexity index is 442. The molecule has 0 saturated carbocycles. The summed E-state index contributed by atoms with van der Waals surface area (Å²) < 4.78 is 7.27. The Kier molecular flexibility index (Phi) is 4.64. The largest absolute Gasteiger partial charge is 0.379 e. The maximum absolute atomic E-state index is 5.36. The Labute approximate surface area is 107 Å². The summed E-state index contributed by atoms with van der Waals surface area (Å²) in [5.74, 6) is 0.758. The standard InChI is InChI=1S/C13H16N2OS/c17-9-8-16-7-6-15-11-13(10-14-15)12-4-2-1-3-5-12/h1-5,10-11,17H,6-9H2. The molecule has 1 aromatic carbocycles. The molecular formula is C13H16N2OS. The number of nitrogens with zero attached hydrogens (tertiary/aromatic N) is 2. The average molecular weight is 248 g/mol. The smallest absolute Gasteiger partial charge is 0.0663 e. The minimum atomic E-state index is 0.677. The first-order valence-electron chi connectivity index (χ1n) is 5.66. The van der Waals surface area contributed by atoms with Crippen LogP contribution in [0.25, 0.3) is 11.1 Å². The second-order valence-electron chi connectivity index (χ2n) is 3.69. The van der Waals surface area contributed by atoms with Crippen LogP contribution in [0.1, 0.15) is 0 Å². The van der Waals surface area contributed by atoms with Crippen LogP contribution in [0.3, 0.4) is 0 Å². The van der Waals surface area contributed by atoms with E-state index < -0.39 is 0 Å². The van der Waals surface area contributed by atoms with E-state index in [1.54, 1.807) is 0 Å². The van der Waals surface area contributed by atoms with Gasteiger partial charge in [-0.05, 0) is 5.56 Å². The Morgan fingerprint density at radius 3 is 2.71 bits per heavy atom. The third-order valence-corrected chi connectivity index (χ3v) is 2.62. The van der Waals surface area contributed by atoms with E-state index >= 15 is 0 Å². The molecule has 0 bridgehead atoms. The third kappa shape index (κ3) is 3.61. The molecule has 0 N–H and O–H groups in total. The molecule has 0 spiro atoms. The fraction of sp³-hybridized carbons (Fsp3) is 0.308. The lowest BCUT2D eigenvalue weighted by Gasteiger charge is -2.02. The molecular weight excluding hydrogens is 232 g/mol. The van der Waals surface area contributed by atoms with Gasteiger partial charge in [-0.2, -0.15) is 17.7 Å². The maximum Gasteiger partial charge on any atom is 0.0663 e. The van der Waals surface area contributed by atoms with Gasteiger partial charge in [0.2, 0.25) is 0 Å². The van der Waals surface area contributed by atoms with Gasteiger partial charge in [0, 0.05) is 17.5 Å². The lowest BCUT2D eigenvalue weighted by atomic mass is 10.1. The Morgan fingerprint density at radius 2 is 1.94 bits per heavy atom. The molecule has 17 heavy (non-hydrogen) atoms. The quantitative estimate of drug-likeness (QED) is 0.628. The highest BCUT2D eigenvalue weighted by Crippen LogP contribution is 2.17. The summed E-state index contributed by atoms with van der Waals surface area (Å²) in [6.07, 6.45) is 3.92. The SMILES string of the molecule is SCCOCCn1cc(-c2ccccc2)cn1. The molecule has 0 unspecified atom stereocenters. The van der Waals surface area contributed by atoms with Crippen molar-refractivity contribution in [2.75, 3.05) is 19.0 Å². The van der Waals surface area contributed by atoms with Crippen LogP contribution >= 0.6 is 12.6 Å². The Balaban J connectivity index is 1.92. The topological polar surface area (TPSA) is 27.1 Å². The van der Waals surface area contributed by atoms with Gasteiger partial charge < -0.3 is 4.74 Å². The van der Waals surface area contributed by atoms with Crippen molar-refractivity contribution in [1.29, 1.82) is 0 Å². The van der Waals surface area contributed by atoms with Crippen molar-refractivity contribution in [3.63, 3.8) is 0 Å². The molecule has 0 fully saturated rings. The Hall–Kier alpha value is -1.26. The summed E-state index contributed by atoms with van der Waals surface area (Å²) >= 11 is 4.09. The highest BCUT2D eigenvalue weighted by Gasteiger charge is 2.00. The summed E-state index contributed by atoms with van der Waals surface area (Å²) in [5, 5.41) is 4.31. The molecule has 0 amide bonds. The zero-order valence-electron chi connectivity index (χ0n) is 9.62. The van der Waals surface area contributed by atoms with Crippen molar-refractivity contribution < 1.29 is 4.74 Å². The molecule has 0 saturated heterocycles. The Morgan fingerprint density at radius 1 is 1.12 bits per heavy atom. The summed E-state index contributed by atoms with van der Waals surface area (Å²) in [6, 6.07) is 10.2. The maximum atomic E-state index is 5.36. The van der Waals surface area contributed by atoms with Crippen molar-refractivity contribution >= 4 is 12.6 Å². The van der Waals surface area contributed by atoms with Crippen molar-refractivity contribution in [1.82, 2.24) is 9.78 Å². The molecule has 90 valence electrons. The molecule has 0 atom stereocenters. The van der Waals surface area contributed by atoms with Crippen LogP contribution in [0.2, 0.25) is 0 Å². The van der Waals surface area contributed by atoms with Crippen LogP contribution in [-0.2, 0) is 11.3 Å². The first-order valence-corrected chi connectivity index (χ1v) is 6.30. The van der Waals surface area contributed by atoms with Crippen LogP contribution in [0.15, 0.2) is 42.7 Å². The predicted octanol–water partition coefficient (Wildman–Crippen LogP) is 2.50. The monoisotopic (exact) mass is 248 g/mol. The van der Waals surface area contributed by atoms with Crippen molar-refractivity contribution in [2.24, 2.45) is 0 Å².